The lowest BCUT2D eigenvalue weighted by Gasteiger charge is -2.34. The van der Waals surface area contributed by atoms with Crippen molar-refractivity contribution in [2.75, 3.05) is 19.6 Å². The van der Waals surface area contributed by atoms with Gasteiger partial charge in [-0.25, -0.2) is 8.42 Å². The van der Waals surface area contributed by atoms with Crippen molar-refractivity contribution in [3.05, 3.63) is 29.3 Å². The van der Waals surface area contributed by atoms with Crippen molar-refractivity contribution < 1.29 is 21.6 Å². The molecule has 0 saturated carbocycles. The Hall–Kier alpha value is -0.830. The van der Waals surface area contributed by atoms with Gasteiger partial charge in [0.2, 0.25) is 10.0 Å². The van der Waals surface area contributed by atoms with Crippen LogP contribution >= 0.6 is 12.4 Å². The van der Waals surface area contributed by atoms with Crippen LogP contribution in [0.5, 0.6) is 0 Å². The summed E-state index contributed by atoms with van der Waals surface area (Å²) in [6, 6.07) is 2.73. The highest BCUT2D eigenvalue weighted by atomic mass is 35.5. The number of benzene rings is 1. The maximum Gasteiger partial charge on any atom is 0.416 e. The topological polar surface area (TPSA) is 49.4 Å². The number of alkyl halides is 3. The summed E-state index contributed by atoms with van der Waals surface area (Å²) in [4.78, 5) is -0.246. The van der Waals surface area contributed by atoms with E-state index in [2.05, 4.69) is 5.32 Å². The lowest BCUT2D eigenvalue weighted by atomic mass is 10.1. The molecule has 9 heteroatoms. The summed E-state index contributed by atoms with van der Waals surface area (Å²) in [5.41, 5.74) is -0.605. The third-order valence-electron chi connectivity index (χ3n) is 4.26. The van der Waals surface area contributed by atoms with E-state index >= 15 is 0 Å². The fraction of sp³-hybridized carbons (Fsp3) is 0.625. The van der Waals surface area contributed by atoms with Gasteiger partial charge in [-0.3, -0.25) is 0 Å². The second-order valence-corrected chi connectivity index (χ2v) is 7.93. The Morgan fingerprint density at radius 3 is 2.36 bits per heavy atom. The quantitative estimate of drug-likeness (QED) is 0.821. The molecule has 1 aromatic rings. The summed E-state index contributed by atoms with van der Waals surface area (Å²) in [5, 5.41) is 3.17. The molecule has 1 fully saturated rings. The predicted octanol–water partition coefficient (Wildman–Crippen LogP) is 3.59. The van der Waals surface area contributed by atoms with Gasteiger partial charge in [0.05, 0.1) is 10.5 Å². The smallest absolute Gasteiger partial charge is 0.317 e. The molecule has 0 aliphatic carbocycles. The first-order valence-electron chi connectivity index (χ1n) is 8.08. The number of rotatable bonds is 5. The van der Waals surface area contributed by atoms with Gasteiger partial charge in [-0.05, 0) is 57.0 Å². The van der Waals surface area contributed by atoms with Crippen LogP contribution in [-0.2, 0) is 16.2 Å². The molecule has 1 saturated heterocycles. The molecule has 4 nitrogen and oxygen atoms in total. The maximum absolute atomic E-state index is 13.1. The molecule has 144 valence electrons. The lowest BCUT2D eigenvalue weighted by Crippen LogP contribution is -2.46. The molecular formula is C16H24ClF3N2O2S. The molecule has 0 atom stereocenters. The van der Waals surface area contributed by atoms with Crippen LogP contribution in [0, 0.1) is 6.92 Å². The molecule has 0 spiro atoms. The van der Waals surface area contributed by atoms with Gasteiger partial charge in [0, 0.05) is 12.6 Å². The molecule has 0 unspecified atom stereocenters. The molecule has 0 aromatic heterocycles. The van der Waals surface area contributed by atoms with Crippen molar-refractivity contribution in [1.29, 1.82) is 0 Å². The van der Waals surface area contributed by atoms with Crippen LogP contribution in [0.2, 0.25) is 0 Å². The largest absolute Gasteiger partial charge is 0.416 e. The van der Waals surface area contributed by atoms with Crippen molar-refractivity contribution in [3.63, 3.8) is 0 Å². The first-order chi connectivity index (χ1) is 11.2. The van der Waals surface area contributed by atoms with Gasteiger partial charge in [0.15, 0.2) is 0 Å². The average Bonchev–Trinajstić information content (AvgIpc) is 2.52. The zero-order valence-electron chi connectivity index (χ0n) is 14.3. The van der Waals surface area contributed by atoms with Crippen molar-refractivity contribution in [2.45, 2.75) is 50.2 Å². The van der Waals surface area contributed by atoms with Crippen molar-refractivity contribution in [2.24, 2.45) is 0 Å². The zero-order chi connectivity index (χ0) is 18.0. The van der Waals surface area contributed by atoms with Gasteiger partial charge in [-0.1, -0.05) is 13.0 Å². The van der Waals surface area contributed by atoms with Crippen LogP contribution in [-0.4, -0.2) is 38.4 Å². The van der Waals surface area contributed by atoms with E-state index in [1.165, 1.54) is 17.3 Å². The third-order valence-corrected chi connectivity index (χ3v) is 6.36. The Morgan fingerprint density at radius 1 is 1.24 bits per heavy atom. The third kappa shape index (κ3) is 5.09. The van der Waals surface area contributed by atoms with Crippen molar-refractivity contribution >= 4 is 22.4 Å². The minimum absolute atomic E-state index is 0. The average molecular weight is 401 g/mol. The molecule has 2 rings (SSSR count). The number of aryl methyl sites for hydroxylation is 1. The summed E-state index contributed by atoms with van der Waals surface area (Å²) < 4.78 is 66.4. The summed E-state index contributed by atoms with van der Waals surface area (Å²) in [6.45, 7) is 5.12. The Morgan fingerprint density at radius 2 is 1.84 bits per heavy atom. The highest BCUT2D eigenvalue weighted by molar-refractivity contribution is 7.89. The number of hydrogen-bond acceptors (Lipinski definition) is 3. The summed E-state index contributed by atoms with van der Waals surface area (Å²) in [7, 11) is -3.97. The van der Waals surface area contributed by atoms with Gasteiger partial charge in [0.25, 0.3) is 0 Å². The van der Waals surface area contributed by atoms with Crippen molar-refractivity contribution in [3.8, 4) is 0 Å². The highest BCUT2D eigenvalue weighted by Crippen LogP contribution is 2.33. The van der Waals surface area contributed by atoms with E-state index in [0.29, 0.717) is 44.5 Å². The minimum atomic E-state index is -4.57. The fourth-order valence-electron chi connectivity index (χ4n) is 2.99. The van der Waals surface area contributed by atoms with E-state index in [1.807, 2.05) is 6.92 Å². The number of nitrogens with one attached hydrogen (secondary N) is 1. The van der Waals surface area contributed by atoms with E-state index in [4.69, 9.17) is 0 Å². The van der Waals surface area contributed by atoms with Crippen LogP contribution in [0.25, 0.3) is 0 Å². The van der Waals surface area contributed by atoms with Crippen LogP contribution in [0.15, 0.2) is 23.1 Å². The van der Waals surface area contributed by atoms with Gasteiger partial charge in [-0.15, -0.1) is 12.4 Å². The number of sulfonamides is 1. The first kappa shape index (κ1) is 22.2. The second kappa shape index (κ2) is 8.70. The molecule has 1 aromatic carbocycles. The lowest BCUT2D eigenvalue weighted by molar-refractivity contribution is -0.137. The molecule has 0 amide bonds. The number of nitrogens with zero attached hydrogens (tertiary/aromatic N) is 1. The fourth-order valence-corrected chi connectivity index (χ4v) is 5.02. The number of halogens is 4. The molecule has 1 heterocycles. The molecule has 1 aliphatic rings. The Bertz CT molecular complexity index is 674. The number of piperidine rings is 1. The molecular weight excluding hydrogens is 377 g/mol. The summed E-state index contributed by atoms with van der Waals surface area (Å²) >= 11 is 0. The molecule has 25 heavy (non-hydrogen) atoms. The molecule has 1 aliphatic heterocycles. The highest BCUT2D eigenvalue weighted by Gasteiger charge is 2.36. The zero-order valence-corrected chi connectivity index (χ0v) is 15.9. The normalized spacial score (nSPS) is 16.7. The first-order valence-corrected chi connectivity index (χ1v) is 9.52. The van der Waals surface area contributed by atoms with Crippen LogP contribution in [0.4, 0.5) is 13.2 Å². The van der Waals surface area contributed by atoms with Crippen LogP contribution < -0.4 is 5.32 Å². The second-order valence-electron chi connectivity index (χ2n) is 6.07. The predicted molar refractivity (Wildman–Crippen MR) is 93.5 cm³/mol. The summed E-state index contributed by atoms with van der Waals surface area (Å²) in [5.74, 6) is 0. The number of hydrogen-bond donors (Lipinski definition) is 1. The van der Waals surface area contributed by atoms with Crippen LogP contribution in [0.3, 0.4) is 0 Å². The van der Waals surface area contributed by atoms with Crippen LogP contribution in [0.1, 0.15) is 37.3 Å². The van der Waals surface area contributed by atoms with E-state index in [-0.39, 0.29) is 23.3 Å². The van der Waals surface area contributed by atoms with E-state index in [9.17, 15) is 21.6 Å². The SMILES string of the molecule is CCCN(C1CCNCC1)S(=O)(=O)c1cc(C(F)(F)F)ccc1C.Cl. The molecule has 0 radical (unpaired) electrons. The van der Waals surface area contributed by atoms with Crippen molar-refractivity contribution in [1.82, 2.24) is 9.62 Å². The van der Waals surface area contributed by atoms with Gasteiger partial charge < -0.3 is 5.32 Å². The Balaban J connectivity index is 0.00000312. The monoisotopic (exact) mass is 400 g/mol. The Labute approximate surface area is 153 Å². The van der Waals surface area contributed by atoms with Gasteiger partial charge in [0.1, 0.15) is 0 Å². The van der Waals surface area contributed by atoms with Gasteiger partial charge >= 0.3 is 6.18 Å². The van der Waals surface area contributed by atoms with Gasteiger partial charge in [-0.2, -0.15) is 17.5 Å². The maximum atomic E-state index is 13.1. The molecule has 0 bridgehead atoms. The standard InChI is InChI=1S/C16H23F3N2O2S.ClH/c1-3-10-21(14-6-8-20-9-7-14)24(22,23)15-11-13(16(17,18)19)5-4-12(15)2;/h4-5,11,14,20H,3,6-10H2,1-2H3;1H. The Kier molecular flexibility index (Phi) is 7.73. The molecule has 1 N–H and O–H groups in total. The minimum Gasteiger partial charge on any atom is -0.317 e. The summed E-state index contributed by atoms with van der Waals surface area (Å²) in [6.07, 6.45) is -2.63. The van der Waals surface area contributed by atoms with E-state index < -0.39 is 21.8 Å². The van der Waals surface area contributed by atoms with E-state index in [0.717, 1.165) is 12.1 Å². The van der Waals surface area contributed by atoms with E-state index in [1.54, 1.807) is 0 Å².